The van der Waals surface area contributed by atoms with Crippen LogP contribution in [0.1, 0.15) is 45.6 Å². The first kappa shape index (κ1) is 18.8. The molecule has 0 saturated carbocycles. The van der Waals surface area contributed by atoms with Crippen LogP contribution in [0.2, 0.25) is 0 Å². The van der Waals surface area contributed by atoms with Gasteiger partial charge in [-0.15, -0.1) is 0 Å². The van der Waals surface area contributed by atoms with Crippen molar-refractivity contribution in [1.29, 1.82) is 0 Å². The lowest BCUT2D eigenvalue weighted by molar-refractivity contribution is 0.0605. The van der Waals surface area contributed by atoms with Gasteiger partial charge in [-0.1, -0.05) is 29.5 Å². The lowest BCUT2D eigenvalue weighted by Crippen LogP contribution is -2.25. The number of aromatic nitrogens is 2. The molecule has 0 saturated heterocycles. The van der Waals surface area contributed by atoms with Gasteiger partial charge < -0.3 is 9.30 Å². The number of hydrogen-bond acceptors (Lipinski definition) is 6. The molecule has 0 aliphatic heterocycles. The van der Waals surface area contributed by atoms with Crippen LogP contribution in [0.25, 0.3) is 10.8 Å². The Morgan fingerprint density at radius 2 is 1.89 bits per heavy atom. The Balaban J connectivity index is 2.05. The van der Waals surface area contributed by atoms with Crippen LogP contribution in [0.15, 0.2) is 35.3 Å². The van der Waals surface area contributed by atoms with Gasteiger partial charge >= 0.3 is 5.97 Å². The van der Waals surface area contributed by atoms with Crippen molar-refractivity contribution in [2.45, 2.75) is 26.8 Å². The summed E-state index contributed by atoms with van der Waals surface area (Å²) in [7, 11) is 1.29. The van der Waals surface area contributed by atoms with E-state index in [9.17, 15) is 14.4 Å². The summed E-state index contributed by atoms with van der Waals surface area (Å²) in [5.41, 5.74) is 0.709. The number of nitrogens with one attached hydrogen (secondary N) is 1. The van der Waals surface area contributed by atoms with E-state index >= 15 is 0 Å². The molecule has 1 N–H and O–H groups in total. The minimum atomic E-state index is -0.496. The number of thiazole rings is 1. The second-order valence-electron chi connectivity index (χ2n) is 6.27. The number of amides is 1. The molecule has 1 aromatic carbocycles. The van der Waals surface area contributed by atoms with E-state index in [2.05, 4.69) is 10.3 Å². The first-order valence-electron chi connectivity index (χ1n) is 8.34. The average Bonchev–Trinajstić information content (AvgIpc) is 3.01. The Morgan fingerprint density at radius 3 is 2.52 bits per heavy atom. The van der Waals surface area contributed by atoms with Gasteiger partial charge in [0, 0.05) is 23.0 Å². The zero-order valence-corrected chi connectivity index (χ0v) is 16.2. The molecule has 27 heavy (non-hydrogen) atoms. The fourth-order valence-electron chi connectivity index (χ4n) is 2.77. The van der Waals surface area contributed by atoms with Gasteiger partial charge in [-0.2, -0.15) is 0 Å². The van der Waals surface area contributed by atoms with Crippen LogP contribution in [-0.2, 0) is 4.74 Å². The number of benzene rings is 1. The molecule has 0 aliphatic rings. The summed E-state index contributed by atoms with van der Waals surface area (Å²) in [6.07, 6.45) is 1.56. The second-order valence-corrected chi connectivity index (χ2v) is 7.27. The summed E-state index contributed by atoms with van der Waals surface area (Å²) in [4.78, 5) is 41.8. The molecule has 140 valence electrons. The topological polar surface area (TPSA) is 90.3 Å². The van der Waals surface area contributed by atoms with Gasteiger partial charge in [-0.3, -0.25) is 14.9 Å². The van der Waals surface area contributed by atoms with Crippen LogP contribution in [-0.4, -0.2) is 28.5 Å². The third-order valence-corrected chi connectivity index (χ3v) is 5.19. The van der Waals surface area contributed by atoms with Crippen molar-refractivity contribution >= 4 is 39.1 Å². The van der Waals surface area contributed by atoms with E-state index in [0.717, 1.165) is 11.3 Å². The Kier molecular flexibility index (Phi) is 5.09. The van der Waals surface area contributed by atoms with Crippen LogP contribution in [0.4, 0.5) is 5.13 Å². The first-order chi connectivity index (χ1) is 12.8. The fourth-order valence-corrected chi connectivity index (χ4v) is 3.65. The maximum Gasteiger partial charge on any atom is 0.350 e. The van der Waals surface area contributed by atoms with E-state index in [1.54, 1.807) is 37.4 Å². The number of nitrogens with zero attached hydrogens (tertiary/aromatic N) is 2. The van der Waals surface area contributed by atoms with E-state index in [0.29, 0.717) is 32.0 Å². The number of carbonyl (C=O) groups excluding carboxylic acids is 2. The van der Waals surface area contributed by atoms with Crippen molar-refractivity contribution in [1.82, 2.24) is 9.55 Å². The first-order valence-corrected chi connectivity index (χ1v) is 9.16. The predicted octanol–water partition coefficient (Wildman–Crippen LogP) is 3.39. The molecule has 0 bridgehead atoms. The maximum absolute atomic E-state index is 12.9. The molecule has 2 aromatic heterocycles. The molecule has 0 aliphatic carbocycles. The third-order valence-electron chi connectivity index (χ3n) is 4.14. The lowest BCUT2D eigenvalue weighted by Gasteiger charge is -2.14. The number of aryl methyl sites for hydroxylation is 1. The van der Waals surface area contributed by atoms with Gasteiger partial charge in [0.05, 0.1) is 18.4 Å². The number of hydrogen-bond donors (Lipinski definition) is 1. The highest BCUT2D eigenvalue weighted by atomic mass is 32.1. The number of rotatable bonds is 4. The van der Waals surface area contributed by atoms with Crippen molar-refractivity contribution in [2.24, 2.45) is 0 Å². The molecule has 3 rings (SSSR count). The minimum Gasteiger partial charge on any atom is -0.465 e. The molecule has 0 spiro atoms. The Labute approximate surface area is 159 Å². The molecule has 2 heterocycles. The normalized spacial score (nSPS) is 11.0. The molecule has 3 aromatic rings. The highest BCUT2D eigenvalue weighted by Crippen LogP contribution is 2.25. The highest BCUT2D eigenvalue weighted by molar-refractivity contribution is 7.17. The molecule has 0 atom stereocenters. The summed E-state index contributed by atoms with van der Waals surface area (Å²) in [6, 6.07) is 6.89. The number of fused-ring (bicyclic) bond motifs is 1. The van der Waals surface area contributed by atoms with Gasteiger partial charge in [0.1, 0.15) is 4.88 Å². The molecule has 1 amide bonds. The van der Waals surface area contributed by atoms with Gasteiger partial charge in [-0.25, -0.2) is 9.78 Å². The number of methoxy groups -OCH3 is 1. The van der Waals surface area contributed by atoms with Crippen molar-refractivity contribution in [3.63, 3.8) is 0 Å². The molecule has 0 fully saturated rings. The summed E-state index contributed by atoms with van der Waals surface area (Å²) in [6.45, 7) is 5.43. The Hall–Kier alpha value is -3.00. The van der Waals surface area contributed by atoms with E-state index in [4.69, 9.17) is 4.74 Å². The molecule has 0 unspecified atom stereocenters. The highest BCUT2D eigenvalue weighted by Gasteiger charge is 2.20. The lowest BCUT2D eigenvalue weighted by atomic mass is 10.1. The maximum atomic E-state index is 12.9. The zero-order valence-electron chi connectivity index (χ0n) is 15.4. The van der Waals surface area contributed by atoms with E-state index in [-0.39, 0.29) is 11.6 Å². The molecular formula is C19H19N3O4S. The van der Waals surface area contributed by atoms with Gasteiger partial charge in [0.15, 0.2) is 5.13 Å². The van der Waals surface area contributed by atoms with Crippen molar-refractivity contribution < 1.29 is 14.3 Å². The predicted molar refractivity (Wildman–Crippen MR) is 105 cm³/mol. The summed E-state index contributed by atoms with van der Waals surface area (Å²) in [5, 5.41) is 4.06. The molecule has 7 nitrogen and oxygen atoms in total. The van der Waals surface area contributed by atoms with E-state index in [1.165, 1.54) is 11.7 Å². The molecular weight excluding hydrogens is 366 g/mol. The smallest absolute Gasteiger partial charge is 0.350 e. The standard InChI is InChI=1S/C19H19N3O4S/c1-10(2)22-9-14(12-7-5-6-8-13(12)17(22)24)16(23)21-19-20-11(3)15(27-19)18(25)26-4/h5-10H,1-4H3,(H,20,21,23). The number of ether oxygens (including phenoxy) is 1. The van der Waals surface area contributed by atoms with Gasteiger partial charge in [0.25, 0.3) is 11.5 Å². The zero-order chi connectivity index (χ0) is 19.7. The summed E-state index contributed by atoms with van der Waals surface area (Å²) < 4.78 is 6.25. The SMILES string of the molecule is COC(=O)c1sc(NC(=O)c2cn(C(C)C)c(=O)c3ccccc23)nc1C. The quantitative estimate of drug-likeness (QED) is 0.695. The monoisotopic (exact) mass is 385 g/mol. The average molecular weight is 385 g/mol. The minimum absolute atomic E-state index is 0.0957. The molecule has 0 radical (unpaired) electrons. The number of esters is 1. The fraction of sp³-hybridized carbons (Fsp3) is 0.263. The van der Waals surface area contributed by atoms with Crippen molar-refractivity contribution in [2.75, 3.05) is 12.4 Å². The van der Waals surface area contributed by atoms with Crippen LogP contribution < -0.4 is 10.9 Å². The van der Waals surface area contributed by atoms with E-state index in [1.807, 2.05) is 13.8 Å². The number of anilines is 1. The van der Waals surface area contributed by atoms with Crippen LogP contribution in [0, 0.1) is 6.92 Å². The summed E-state index contributed by atoms with van der Waals surface area (Å²) in [5.74, 6) is -0.893. The van der Waals surface area contributed by atoms with Crippen LogP contribution >= 0.6 is 11.3 Å². The van der Waals surface area contributed by atoms with E-state index < -0.39 is 11.9 Å². The largest absolute Gasteiger partial charge is 0.465 e. The summed E-state index contributed by atoms with van der Waals surface area (Å²) >= 11 is 1.05. The van der Waals surface area contributed by atoms with Crippen LogP contribution in [0.3, 0.4) is 0 Å². The van der Waals surface area contributed by atoms with Crippen molar-refractivity contribution in [3.8, 4) is 0 Å². The number of carbonyl (C=O) groups is 2. The van der Waals surface area contributed by atoms with Gasteiger partial charge in [-0.05, 0) is 26.8 Å². The Morgan fingerprint density at radius 1 is 1.22 bits per heavy atom. The van der Waals surface area contributed by atoms with Crippen LogP contribution in [0.5, 0.6) is 0 Å². The molecule has 8 heteroatoms. The number of pyridine rings is 1. The Bertz CT molecular complexity index is 1100. The third kappa shape index (κ3) is 3.48. The second kappa shape index (κ2) is 7.32. The van der Waals surface area contributed by atoms with Crippen molar-refractivity contribution in [3.05, 3.63) is 57.0 Å². The van der Waals surface area contributed by atoms with Gasteiger partial charge in [0.2, 0.25) is 0 Å².